The Labute approximate surface area is 100 Å². The summed E-state index contributed by atoms with van der Waals surface area (Å²) >= 11 is 0. The summed E-state index contributed by atoms with van der Waals surface area (Å²) in [4.78, 5) is 10.6. The monoisotopic (exact) mass is 235 g/mol. The van der Waals surface area contributed by atoms with Gasteiger partial charge in [0, 0.05) is 11.6 Å². The molecule has 0 bridgehead atoms. The summed E-state index contributed by atoms with van der Waals surface area (Å²) in [5, 5.41) is 18.6. The molecule has 1 unspecified atom stereocenters. The molecule has 1 aliphatic rings. The Morgan fingerprint density at radius 1 is 1.29 bits per heavy atom. The Kier molecular flexibility index (Phi) is 3.33. The number of carboxylic acids is 1. The number of aromatic hydroxyl groups is 1. The molecular formula is C13H17NO3. The average molecular weight is 235 g/mol. The van der Waals surface area contributed by atoms with Gasteiger partial charge in [0.2, 0.25) is 0 Å². The number of benzene rings is 1. The number of phenolic OH excluding ortho intramolecular Hbond substituents is 1. The summed E-state index contributed by atoms with van der Waals surface area (Å²) in [7, 11) is 0. The van der Waals surface area contributed by atoms with Crippen LogP contribution in [-0.4, -0.2) is 16.2 Å². The number of rotatable bonds is 3. The third kappa shape index (κ3) is 2.58. The number of carboxylic acid groups (broad SMARTS) is 1. The summed E-state index contributed by atoms with van der Waals surface area (Å²) < 4.78 is 0. The molecule has 17 heavy (non-hydrogen) atoms. The molecule has 0 saturated carbocycles. The fourth-order valence-corrected chi connectivity index (χ4v) is 2.39. The zero-order valence-electron chi connectivity index (χ0n) is 9.65. The summed E-state index contributed by atoms with van der Waals surface area (Å²) in [6.45, 7) is 0. The highest BCUT2D eigenvalue weighted by atomic mass is 16.4. The highest BCUT2D eigenvalue weighted by Gasteiger charge is 2.18. The van der Waals surface area contributed by atoms with Gasteiger partial charge >= 0.3 is 5.97 Å². The standard InChI is InChI=1S/C13H17NO3/c14-11(7-13(16)17)10-5-8-3-1-2-4-9(8)6-12(10)15/h5-6,11,15H,1-4,7,14H2,(H,16,17). The molecule has 1 atom stereocenters. The Bertz CT molecular complexity index is 443. The van der Waals surface area contributed by atoms with E-state index in [1.165, 1.54) is 11.1 Å². The zero-order valence-corrected chi connectivity index (χ0v) is 9.65. The molecular weight excluding hydrogens is 218 g/mol. The van der Waals surface area contributed by atoms with E-state index < -0.39 is 12.0 Å². The van der Waals surface area contributed by atoms with Crippen molar-refractivity contribution in [2.75, 3.05) is 0 Å². The fraction of sp³-hybridized carbons (Fsp3) is 0.462. The first-order valence-corrected chi connectivity index (χ1v) is 5.90. The van der Waals surface area contributed by atoms with Gasteiger partial charge in [0.05, 0.1) is 6.42 Å². The van der Waals surface area contributed by atoms with Crippen LogP contribution in [0.15, 0.2) is 12.1 Å². The molecule has 1 aliphatic carbocycles. The summed E-state index contributed by atoms with van der Waals surface area (Å²) in [5.74, 6) is -0.825. The summed E-state index contributed by atoms with van der Waals surface area (Å²) in [6, 6.07) is 2.97. The first-order valence-electron chi connectivity index (χ1n) is 5.90. The number of fused-ring (bicyclic) bond motifs is 1. The molecule has 4 N–H and O–H groups in total. The maximum atomic E-state index is 10.6. The van der Waals surface area contributed by atoms with Crippen molar-refractivity contribution < 1.29 is 15.0 Å². The van der Waals surface area contributed by atoms with Crippen LogP contribution in [0, 0.1) is 0 Å². The van der Waals surface area contributed by atoms with Gasteiger partial charge in [-0.3, -0.25) is 4.79 Å². The molecule has 0 fully saturated rings. The van der Waals surface area contributed by atoms with Gasteiger partial charge in [-0.2, -0.15) is 0 Å². The van der Waals surface area contributed by atoms with Crippen molar-refractivity contribution >= 4 is 5.97 Å². The minimum absolute atomic E-state index is 0.124. The predicted octanol–water partition coefficient (Wildman–Crippen LogP) is 1.75. The average Bonchev–Trinajstić information content (AvgIpc) is 2.27. The van der Waals surface area contributed by atoms with Gasteiger partial charge in [0.1, 0.15) is 5.75 Å². The number of aryl methyl sites for hydroxylation is 2. The maximum absolute atomic E-state index is 10.6. The van der Waals surface area contributed by atoms with Crippen LogP contribution in [0.4, 0.5) is 0 Å². The molecule has 0 spiro atoms. The van der Waals surface area contributed by atoms with Crippen LogP contribution in [0.1, 0.15) is 42.0 Å². The number of nitrogens with two attached hydrogens (primary N) is 1. The van der Waals surface area contributed by atoms with E-state index in [9.17, 15) is 9.90 Å². The van der Waals surface area contributed by atoms with E-state index in [1.807, 2.05) is 6.07 Å². The van der Waals surface area contributed by atoms with Gasteiger partial charge < -0.3 is 15.9 Å². The first kappa shape index (κ1) is 11.9. The van der Waals surface area contributed by atoms with Crippen LogP contribution < -0.4 is 5.73 Å². The lowest BCUT2D eigenvalue weighted by Crippen LogP contribution is -2.16. The largest absolute Gasteiger partial charge is 0.508 e. The Hall–Kier alpha value is -1.55. The lowest BCUT2D eigenvalue weighted by molar-refractivity contribution is -0.137. The van der Waals surface area contributed by atoms with Crippen molar-refractivity contribution in [3.05, 3.63) is 28.8 Å². The van der Waals surface area contributed by atoms with E-state index in [1.54, 1.807) is 6.07 Å². The van der Waals surface area contributed by atoms with Crippen LogP contribution in [0.2, 0.25) is 0 Å². The lowest BCUT2D eigenvalue weighted by Gasteiger charge is -2.20. The molecule has 2 rings (SSSR count). The predicted molar refractivity (Wildman–Crippen MR) is 63.9 cm³/mol. The summed E-state index contributed by atoms with van der Waals surface area (Å²) in [6.07, 6.45) is 4.10. The molecule has 1 aromatic rings. The van der Waals surface area contributed by atoms with Crippen molar-refractivity contribution in [1.82, 2.24) is 0 Å². The van der Waals surface area contributed by atoms with Crippen LogP contribution in [-0.2, 0) is 17.6 Å². The van der Waals surface area contributed by atoms with Crippen molar-refractivity contribution in [2.45, 2.75) is 38.1 Å². The van der Waals surface area contributed by atoms with E-state index in [-0.39, 0.29) is 12.2 Å². The van der Waals surface area contributed by atoms with Gasteiger partial charge in [-0.25, -0.2) is 0 Å². The Morgan fingerprint density at radius 3 is 2.47 bits per heavy atom. The Balaban J connectivity index is 2.31. The molecule has 1 aromatic carbocycles. The third-order valence-electron chi connectivity index (χ3n) is 3.29. The molecule has 4 heteroatoms. The second kappa shape index (κ2) is 4.75. The number of hydrogen-bond acceptors (Lipinski definition) is 3. The smallest absolute Gasteiger partial charge is 0.305 e. The van der Waals surface area contributed by atoms with Crippen molar-refractivity contribution in [3.8, 4) is 5.75 Å². The second-order valence-electron chi connectivity index (χ2n) is 4.59. The normalized spacial score (nSPS) is 16.3. The number of carbonyl (C=O) groups is 1. The molecule has 0 saturated heterocycles. The van der Waals surface area contributed by atoms with Crippen molar-refractivity contribution in [1.29, 1.82) is 0 Å². The molecule has 0 heterocycles. The summed E-state index contributed by atoms with van der Waals surface area (Å²) in [5.41, 5.74) is 8.70. The van der Waals surface area contributed by atoms with Crippen LogP contribution in [0.25, 0.3) is 0 Å². The van der Waals surface area contributed by atoms with Crippen LogP contribution in [0.3, 0.4) is 0 Å². The van der Waals surface area contributed by atoms with E-state index in [4.69, 9.17) is 10.8 Å². The van der Waals surface area contributed by atoms with Crippen LogP contribution >= 0.6 is 0 Å². The van der Waals surface area contributed by atoms with E-state index in [0.29, 0.717) is 5.56 Å². The molecule has 0 amide bonds. The van der Waals surface area contributed by atoms with Gasteiger partial charge in [-0.05, 0) is 42.9 Å². The quantitative estimate of drug-likeness (QED) is 0.745. The maximum Gasteiger partial charge on any atom is 0.305 e. The third-order valence-corrected chi connectivity index (χ3v) is 3.29. The van der Waals surface area contributed by atoms with Crippen molar-refractivity contribution in [3.63, 3.8) is 0 Å². The van der Waals surface area contributed by atoms with E-state index in [0.717, 1.165) is 25.7 Å². The van der Waals surface area contributed by atoms with Gasteiger partial charge in [0.15, 0.2) is 0 Å². The SMILES string of the molecule is NC(CC(=O)O)c1cc2c(cc1O)CCCC2. The van der Waals surface area contributed by atoms with E-state index in [2.05, 4.69) is 0 Å². The minimum Gasteiger partial charge on any atom is -0.508 e. The highest BCUT2D eigenvalue weighted by Crippen LogP contribution is 2.32. The number of hydrogen-bond donors (Lipinski definition) is 3. The van der Waals surface area contributed by atoms with Crippen LogP contribution in [0.5, 0.6) is 5.75 Å². The Morgan fingerprint density at radius 2 is 1.88 bits per heavy atom. The highest BCUT2D eigenvalue weighted by molar-refractivity contribution is 5.68. The molecule has 0 aliphatic heterocycles. The number of phenols is 1. The molecule has 4 nitrogen and oxygen atoms in total. The topological polar surface area (TPSA) is 83.6 Å². The second-order valence-corrected chi connectivity index (χ2v) is 4.59. The first-order chi connectivity index (χ1) is 8.08. The van der Waals surface area contributed by atoms with Crippen molar-refractivity contribution in [2.24, 2.45) is 5.73 Å². The molecule has 0 radical (unpaired) electrons. The minimum atomic E-state index is -0.949. The zero-order chi connectivity index (χ0) is 12.4. The van der Waals surface area contributed by atoms with E-state index >= 15 is 0 Å². The molecule has 92 valence electrons. The van der Waals surface area contributed by atoms with Gasteiger partial charge in [0.25, 0.3) is 0 Å². The molecule has 0 aromatic heterocycles. The lowest BCUT2D eigenvalue weighted by atomic mass is 9.88. The van der Waals surface area contributed by atoms with Gasteiger partial charge in [-0.1, -0.05) is 6.07 Å². The number of aliphatic carboxylic acids is 1. The van der Waals surface area contributed by atoms with Gasteiger partial charge in [-0.15, -0.1) is 0 Å². The fourth-order valence-electron chi connectivity index (χ4n) is 2.39.